The average molecular weight is 392 g/mol. The summed E-state index contributed by atoms with van der Waals surface area (Å²) in [6.45, 7) is 0. The van der Waals surface area contributed by atoms with Crippen LogP contribution >= 0.6 is 11.8 Å². The predicted molar refractivity (Wildman–Crippen MR) is 107 cm³/mol. The standard InChI is InChI=1S/C20H16N4O3S/c1-26-14-6-4-5-13(11-14)19(25)24-21-12-15-9-10-18(27-15)28-20-22-16-7-2-3-8-17(16)23-20/h2-12H,1H3,(H,22,23)(H,24,25)/b21-12-. The molecule has 2 aromatic carbocycles. The third-order valence-electron chi connectivity index (χ3n) is 3.86. The number of methoxy groups -OCH3 is 1. The molecule has 0 unspecified atom stereocenters. The summed E-state index contributed by atoms with van der Waals surface area (Å²) in [6.07, 6.45) is 1.45. The number of fused-ring (bicyclic) bond motifs is 1. The first kappa shape index (κ1) is 17.9. The number of imidazole rings is 1. The Kier molecular flexibility index (Phi) is 5.11. The molecule has 2 N–H and O–H groups in total. The van der Waals surface area contributed by atoms with Crippen LogP contribution < -0.4 is 10.2 Å². The number of hydrazone groups is 1. The summed E-state index contributed by atoms with van der Waals surface area (Å²) in [5, 5.41) is 5.34. The number of carbonyl (C=O) groups is 1. The monoisotopic (exact) mass is 392 g/mol. The minimum atomic E-state index is -0.335. The maximum atomic E-state index is 12.1. The summed E-state index contributed by atoms with van der Waals surface area (Å²) in [6, 6.07) is 18.2. The molecule has 2 aromatic heterocycles. The molecule has 0 aliphatic heterocycles. The van der Waals surface area contributed by atoms with E-state index >= 15 is 0 Å². The highest BCUT2D eigenvalue weighted by Gasteiger charge is 2.08. The number of hydrogen-bond donors (Lipinski definition) is 2. The van der Waals surface area contributed by atoms with Gasteiger partial charge in [0.15, 0.2) is 10.2 Å². The molecule has 0 saturated heterocycles. The number of rotatable bonds is 6. The number of hydrogen-bond acceptors (Lipinski definition) is 6. The molecular formula is C20H16N4O3S. The van der Waals surface area contributed by atoms with Gasteiger partial charge < -0.3 is 14.1 Å². The van der Waals surface area contributed by atoms with Gasteiger partial charge in [0.2, 0.25) is 0 Å². The van der Waals surface area contributed by atoms with Gasteiger partial charge in [-0.15, -0.1) is 0 Å². The van der Waals surface area contributed by atoms with E-state index in [1.807, 2.05) is 30.3 Å². The molecule has 0 bridgehead atoms. The molecule has 4 aromatic rings. The van der Waals surface area contributed by atoms with Crippen molar-refractivity contribution in [2.24, 2.45) is 5.10 Å². The van der Waals surface area contributed by atoms with Crippen molar-refractivity contribution in [3.63, 3.8) is 0 Å². The number of H-pyrrole nitrogens is 1. The highest BCUT2D eigenvalue weighted by molar-refractivity contribution is 7.99. The second-order valence-corrected chi connectivity index (χ2v) is 6.74. The summed E-state index contributed by atoms with van der Waals surface area (Å²) in [5.41, 5.74) is 4.79. The Morgan fingerprint density at radius 2 is 2.11 bits per heavy atom. The highest BCUT2D eigenvalue weighted by Crippen LogP contribution is 2.28. The number of aromatic amines is 1. The lowest BCUT2D eigenvalue weighted by Gasteiger charge is -2.02. The van der Waals surface area contributed by atoms with E-state index in [9.17, 15) is 4.79 Å². The number of amides is 1. The van der Waals surface area contributed by atoms with E-state index in [0.29, 0.717) is 22.2 Å². The topological polar surface area (TPSA) is 92.5 Å². The van der Waals surface area contributed by atoms with Crippen LogP contribution in [0, 0.1) is 0 Å². The van der Waals surface area contributed by atoms with Crippen molar-refractivity contribution in [1.29, 1.82) is 0 Å². The molecular weight excluding hydrogens is 376 g/mol. The lowest BCUT2D eigenvalue weighted by atomic mass is 10.2. The van der Waals surface area contributed by atoms with E-state index in [4.69, 9.17) is 9.15 Å². The molecule has 4 rings (SSSR count). The smallest absolute Gasteiger partial charge is 0.271 e. The molecule has 0 spiro atoms. The number of carbonyl (C=O) groups excluding carboxylic acids is 1. The summed E-state index contributed by atoms with van der Waals surface area (Å²) in [4.78, 5) is 19.8. The zero-order valence-corrected chi connectivity index (χ0v) is 15.7. The van der Waals surface area contributed by atoms with E-state index in [2.05, 4.69) is 20.5 Å². The number of furan rings is 1. The molecule has 7 nitrogen and oxygen atoms in total. The Bertz CT molecular complexity index is 1120. The first-order valence-electron chi connectivity index (χ1n) is 8.41. The van der Waals surface area contributed by atoms with Gasteiger partial charge in [-0.3, -0.25) is 4.79 Å². The van der Waals surface area contributed by atoms with Gasteiger partial charge in [0.1, 0.15) is 11.5 Å². The molecule has 0 radical (unpaired) electrons. The van der Waals surface area contributed by atoms with E-state index in [1.165, 1.54) is 18.0 Å². The van der Waals surface area contributed by atoms with Crippen LogP contribution in [0.4, 0.5) is 0 Å². The molecule has 0 aliphatic carbocycles. The summed E-state index contributed by atoms with van der Waals surface area (Å²) in [7, 11) is 1.55. The van der Waals surface area contributed by atoms with Crippen molar-refractivity contribution in [3.8, 4) is 5.75 Å². The summed E-state index contributed by atoms with van der Waals surface area (Å²) < 4.78 is 10.8. The van der Waals surface area contributed by atoms with E-state index in [0.717, 1.165) is 16.2 Å². The summed E-state index contributed by atoms with van der Waals surface area (Å²) in [5.74, 6) is 0.790. The Balaban J connectivity index is 1.38. The van der Waals surface area contributed by atoms with Crippen LogP contribution in [0.3, 0.4) is 0 Å². The SMILES string of the molecule is COc1cccc(C(=O)N/N=C\c2ccc(Sc3nc4ccccc4[nH]3)o2)c1. The minimum Gasteiger partial charge on any atom is -0.497 e. The van der Waals surface area contributed by atoms with Crippen LogP contribution in [-0.4, -0.2) is 29.2 Å². The zero-order valence-electron chi connectivity index (χ0n) is 14.9. The van der Waals surface area contributed by atoms with Crippen molar-refractivity contribution < 1.29 is 13.9 Å². The van der Waals surface area contributed by atoms with Gasteiger partial charge in [0, 0.05) is 5.56 Å². The van der Waals surface area contributed by atoms with E-state index in [1.54, 1.807) is 37.4 Å². The minimum absolute atomic E-state index is 0.335. The Morgan fingerprint density at radius 3 is 2.96 bits per heavy atom. The summed E-state index contributed by atoms with van der Waals surface area (Å²) >= 11 is 1.38. The van der Waals surface area contributed by atoms with Gasteiger partial charge in [0.05, 0.1) is 24.4 Å². The molecule has 2 heterocycles. The molecule has 0 atom stereocenters. The quantitative estimate of drug-likeness (QED) is 0.381. The van der Waals surface area contributed by atoms with Crippen LogP contribution in [0.15, 0.2) is 80.4 Å². The highest BCUT2D eigenvalue weighted by atomic mass is 32.2. The molecule has 1 amide bonds. The van der Waals surface area contributed by atoms with Gasteiger partial charge in [0.25, 0.3) is 5.91 Å². The second-order valence-electron chi connectivity index (χ2n) is 5.75. The lowest BCUT2D eigenvalue weighted by molar-refractivity contribution is 0.0954. The Morgan fingerprint density at radius 1 is 1.21 bits per heavy atom. The normalized spacial score (nSPS) is 11.2. The number of ether oxygens (including phenoxy) is 1. The van der Waals surface area contributed by atoms with Crippen molar-refractivity contribution in [3.05, 3.63) is 72.0 Å². The van der Waals surface area contributed by atoms with Gasteiger partial charge >= 0.3 is 0 Å². The largest absolute Gasteiger partial charge is 0.497 e. The molecule has 0 aliphatic rings. The predicted octanol–water partition coefficient (Wildman–Crippen LogP) is 4.08. The Labute approximate surface area is 164 Å². The molecule has 28 heavy (non-hydrogen) atoms. The maximum Gasteiger partial charge on any atom is 0.271 e. The number of aromatic nitrogens is 2. The van der Waals surface area contributed by atoms with Crippen molar-refractivity contribution in [2.75, 3.05) is 7.11 Å². The second kappa shape index (κ2) is 8.01. The van der Waals surface area contributed by atoms with Gasteiger partial charge in [-0.2, -0.15) is 5.10 Å². The van der Waals surface area contributed by atoms with Crippen LogP contribution in [0.2, 0.25) is 0 Å². The molecule has 0 saturated carbocycles. The number of para-hydroxylation sites is 2. The number of nitrogens with zero attached hydrogens (tertiary/aromatic N) is 2. The van der Waals surface area contributed by atoms with Gasteiger partial charge in [-0.05, 0) is 54.2 Å². The third kappa shape index (κ3) is 4.07. The van der Waals surface area contributed by atoms with Gasteiger partial charge in [-0.1, -0.05) is 18.2 Å². The zero-order chi connectivity index (χ0) is 19.3. The Hall–Kier alpha value is -3.52. The van der Waals surface area contributed by atoms with Crippen LogP contribution in [0.1, 0.15) is 16.1 Å². The van der Waals surface area contributed by atoms with Crippen LogP contribution in [-0.2, 0) is 0 Å². The van der Waals surface area contributed by atoms with E-state index < -0.39 is 0 Å². The fourth-order valence-electron chi connectivity index (χ4n) is 2.52. The average Bonchev–Trinajstić information content (AvgIpc) is 3.34. The number of benzene rings is 2. The lowest BCUT2D eigenvalue weighted by Crippen LogP contribution is -2.17. The molecule has 0 fully saturated rings. The number of nitrogens with one attached hydrogen (secondary N) is 2. The fourth-order valence-corrected chi connectivity index (χ4v) is 3.28. The van der Waals surface area contributed by atoms with Crippen molar-refractivity contribution >= 4 is 34.9 Å². The van der Waals surface area contributed by atoms with Crippen LogP contribution in [0.5, 0.6) is 5.75 Å². The fraction of sp³-hybridized carbons (Fsp3) is 0.0500. The molecule has 8 heteroatoms. The third-order valence-corrected chi connectivity index (χ3v) is 4.66. The first-order valence-corrected chi connectivity index (χ1v) is 9.23. The van der Waals surface area contributed by atoms with Crippen molar-refractivity contribution in [2.45, 2.75) is 10.2 Å². The molecule has 140 valence electrons. The maximum absolute atomic E-state index is 12.1. The van der Waals surface area contributed by atoms with Gasteiger partial charge in [-0.25, -0.2) is 10.4 Å². The van der Waals surface area contributed by atoms with Crippen LogP contribution in [0.25, 0.3) is 11.0 Å². The first-order chi connectivity index (χ1) is 13.7. The van der Waals surface area contributed by atoms with Crippen molar-refractivity contribution in [1.82, 2.24) is 15.4 Å². The van der Waals surface area contributed by atoms with E-state index in [-0.39, 0.29) is 5.91 Å².